The summed E-state index contributed by atoms with van der Waals surface area (Å²) in [5, 5.41) is 8.55. The maximum atomic E-state index is 4.25. The largest absolute Gasteiger partial charge is 0.386 e. The van der Waals surface area contributed by atoms with Gasteiger partial charge in [0.05, 0.1) is 11.4 Å². The fraction of sp³-hybridized carbons (Fsp3) is 0.304. The van der Waals surface area contributed by atoms with E-state index in [9.17, 15) is 0 Å². The average molecular weight is 369 g/mol. The van der Waals surface area contributed by atoms with Crippen molar-refractivity contribution < 1.29 is 0 Å². The summed E-state index contributed by atoms with van der Waals surface area (Å²) in [6, 6.07) is 10.5. The van der Waals surface area contributed by atoms with Crippen LogP contribution in [-0.2, 0) is 0 Å². The Labute approximate surface area is 164 Å². The Hall–Kier alpha value is -2.13. The molecule has 0 fully saturated rings. The molecule has 0 saturated carbocycles. The lowest BCUT2D eigenvalue weighted by Crippen LogP contribution is -2.21. The quantitative estimate of drug-likeness (QED) is 0.357. The topological polar surface area (TPSA) is 24.1 Å². The molecule has 0 saturated heterocycles. The van der Waals surface area contributed by atoms with Crippen LogP contribution in [0.15, 0.2) is 82.7 Å². The molecule has 0 radical (unpaired) electrons. The minimum Gasteiger partial charge on any atom is -0.386 e. The first-order chi connectivity index (χ1) is 12.4. The molecule has 2 N–H and O–H groups in total. The number of hydrogen-bond acceptors (Lipinski definition) is 3. The normalized spacial score (nSPS) is 14.0. The van der Waals surface area contributed by atoms with Crippen molar-refractivity contribution >= 4 is 18.2 Å². The van der Waals surface area contributed by atoms with E-state index in [4.69, 9.17) is 0 Å². The molecule has 1 rings (SSSR count). The van der Waals surface area contributed by atoms with Crippen molar-refractivity contribution in [2.75, 3.05) is 7.05 Å². The number of thiol groups is 1. The summed E-state index contributed by atoms with van der Waals surface area (Å²) in [6.45, 7) is 12.8. The Morgan fingerprint density at radius 2 is 1.77 bits per heavy atom. The van der Waals surface area contributed by atoms with Gasteiger partial charge in [-0.1, -0.05) is 56.3 Å². The summed E-state index contributed by atoms with van der Waals surface area (Å²) < 4.78 is 0. The highest BCUT2D eigenvalue weighted by molar-refractivity contribution is 7.83. The van der Waals surface area contributed by atoms with Crippen molar-refractivity contribution in [1.82, 2.24) is 10.6 Å². The molecule has 3 heteroatoms. The molecule has 0 bridgehead atoms. The van der Waals surface area contributed by atoms with E-state index in [1.54, 1.807) is 5.41 Å². The first kappa shape index (κ1) is 21.9. The van der Waals surface area contributed by atoms with Crippen molar-refractivity contribution in [2.24, 2.45) is 0 Å². The van der Waals surface area contributed by atoms with Gasteiger partial charge in [0.25, 0.3) is 0 Å². The average Bonchev–Trinajstić information content (AvgIpc) is 2.65. The molecular formula is C23H32N2S. The van der Waals surface area contributed by atoms with E-state index in [1.165, 1.54) is 28.0 Å². The molecule has 0 unspecified atom stereocenters. The zero-order valence-electron chi connectivity index (χ0n) is 16.7. The van der Waals surface area contributed by atoms with E-state index in [0.29, 0.717) is 0 Å². The lowest BCUT2D eigenvalue weighted by molar-refractivity contribution is 0.805. The van der Waals surface area contributed by atoms with Gasteiger partial charge < -0.3 is 10.6 Å². The second-order valence-electron chi connectivity index (χ2n) is 6.31. The molecule has 1 aromatic carbocycles. The highest BCUT2D eigenvalue weighted by atomic mass is 32.1. The molecule has 0 spiro atoms. The van der Waals surface area contributed by atoms with Crippen LogP contribution in [-0.4, -0.2) is 7.05 Å². The van der Waals surface area contributed by atoms with E-state index in [1.807, 2.05) is 19.2 Å². The second kappa shape index (κ2) is 11.5. The third-order valence-corrected chi connectivity index (χ3v) is 4.51. The molecule has 2 nitrogen and oxygen atoms in total. The van der Waals surface area contributed by atoms with Crippen molar-refractivity contribution in [1.29, 1.82) is 0 Å². The van der Waals surface area contributed by atoms with E-state index in [0.717, 1.165) is 24.2 Å². The van der Waals surface area contributed by atoms with E-state index in [-0.39, 0.29) is 0 Å². The van der Waals surface area contributed by atoms with Crippen LogP contribution < -0.4 is 10.6 Å². The van der Waals surface area contributed by atoms with Crippen LogP contribution in [0.4, 0.5) is 0 Å². The minimum absolute atomic E-state index is 0.869. The molecule has 0 aliphatic heterocycles. The smallest absolute Gasteiger partial charge is 0.0573 e. The maximum absolute atomic E-state index is 4.25. The van der Waals surface area contributed by atoms with Crippen molar-refractivity contribution in [2.45, 2.75) is 40.5 Å². The lowest BCUT2D eigenvalue weighted by atomic mass is 10.0. The second-order valence-corrected chi connectivity index (χ2v) is 6.61. The monoisotopic (exact) mass is 368 g/mol. The summed E-state index contributed by atoms with van der Waals surface area (Å²) >= 11 is 4.15. The molecule has 0 atom stereocenters. The van der Waals surface area contributed by atoms with Gasteiger partial charge in [-0.25, -0.2) is 0 Å². The molecular weight excluding hydrogens is 336 g/mol. The number of allylic oxidation sites excluding steroid dienone is 6. The molecule has 0 heterocycles. The van der Waals surface area contributed by atoms with Crippen LogP contribution in [0.1, 0.15) is 46.1 Å². The minimum atomic E-state index is 0.869. The third-order valence-electron chi connectivity index (χ3n) is 4.36. The van der Waals surface area contributed by atoms with Gasteiger partial charge in [0.15, 0.2) is 0 Å². The summed E-state index contributed by atoms with van der Waals surface area (Å²) in [6.07, 6.45) is 6.15. The standard InChI is InChI=1S/C23H32N2S/c1-7-11-22(19(4)21-12-9-8-10-13-21)25-20(5)23(24-6)16-18(3)17(2)14-15-26/h8-10,12-16,24-26H,5,7,11H2,1-4,6H3/b15-14-,18-17+,22-19+,23-16-. The number of likely N-dealkylation sites (N-methyl/N-ethyl adjacent to an activating group) is 1. The first-order valence-corrected chi connectivity index (χ1v) is 9.55. The zero-order valence-corrected chi connectivity index (χ0v) is 17.6. The van der Waals surface area contributed by atoms with E-state index in [2.05, 4.69) is 87.9 Å². The van der Waals surface area contributed by atoms with Crippen molar-refractivity contribution in [3.05, 3.63) is 88.3 Å². The fourth-order valence-electron chi connectivity index (χ4n) is 2.59. The summed E-state index contributed by atoms with van der Waals surface area (Å²) in [5.41, 5.74) is 7.88. The van der Waals surface area contributed by atoms with Crippen LogP contribution in [0.5, 0.6) is 0 Å². The Morgan fingerprint density at radius 3 is 2.31 bits per heavy atom. The third kappa shape index (κ3) is 6.64. The SMILES string of the molecule is C=C(N/C(CCC)=C(\C)c1ccccc1)/C(=C/C(C)=C(C)/C=C\S)NC. The van der Waals surface area contributed by atoms with Gasteiger partial charge in [0, 0.05) is 12.7 Å². The fourth-order valence-corrected chi connectivity index (χ4v) is 2.81. The number of benzene rings is 1. The highest BCUT2D eigenvalue weighted by Gasteiger charge is 2.08. The number of nitrogens with one attached hydrogen (secondary N) is 2. The van der Waals surface area contributed by atoms with Crippen molar-refractivity contribution in [3.63, 3.8) is 0 Å². The molecule has 140 valence electrons. The van der Waals surface area contributed by atoms with Gasteiger partial charge >= 0.3 is 0 Å². The summed E-state index contributed by atoms with van der Waals surface area (Å²) in [5.74, 6) is 0. The van der Waals surface area contributed by atoms with E-state index >= 15 is 0 Å². The Morgan fingerprint density at radius 1 is 1.12 bits per heavy atom. The summed E-state index contributed by atoms with van der Waals surface area (Å²) in [7, 11) is 1.92. The molecule has 1 aromatic rings. The number of rotatable bonds is 9. The van der Waals surface area contributed by atoms with Crippen LogP contribution in [0.25, 0.3) is 5.57 Å². The van der Waals surface area contributed by atoms with Crippen LogP contribution in [0.2, 0.25) is 0 Å². The van der Waals surface area contributed by atoms with Crippen LogP contribution in [0, 0.1) is 0 Å². The van der Waals surface area contributed by atoms with E-state index < -0.39 is 0 Å². The maximum Gasteiger partial charge on any atom is 0.0573 e. The zero-order chi connectivity index (χ0) is 19.5. The van der Waals surface area contributed by atoms with Crippen molar-refractivity contribution in [3.8, 4) is 0 Å². The van der Waals surface area contributed by atoms with Crippen LogP contribution in [0.3, 0.4) is 0 Å². The molecule has 0 aliphatic rings. The molecule has 0 amide bonds. The molecule has 26 heavy (non-hydrogen) atoms. The van der Waals surface area contributed by atoms with Gasteiger partial charge in [0.2, 0.25) is 0 Å². The summed E-state index contributed by atoms with van der Waals surface area (Å²) in [4.78, 5) is 0. The first-order valence-electron chi connectivity index (χ1n) is 9.03. The molecule has 0 aliphatic carbocycles. The Balaban J connectivity index is 3.14. The lowest BCUT2D eigenvalue weighted by Gasteiger charge is -2.19. The predicted octanol–water partition coefficient (Wildman–Crippen LogP) is 6.20. The Bertz CT molecular complexity index is 722. The van der Waals surface area contributed by atoms with Gasteiger partial charge in [-0.05, 0) is 61.0 Å². The number of hydrogen-bond donors (Lipinski definition) is 3. The van der Waals surface area contributed by atoms with Gasteiger partial charge in [-0.3, -0.25) is 0 Å². The van der Waals surface area contributed by atoms with Gasteiger partial charge in [0.1, 0.15) is 0 Å². The Kier molecular flexibility index (Phi) is 9.67. The van der Waals surface area contributed by atoms with Gasteiger partial charge in [-0.2, -0.15) is 12.6 Å². The molecule has 0 aromatic heterocycles. The highest BCUT2D eigenvalue weighted by Crippen LogP contribution is 2.21. The predicted molar refractivity (Wildman–Crippen MR) is 120 cm³/mol. The van der Waals surface area contributed by atoms with Crippen LogP contribution >= 0.6 is 12.6 Å². The van der Waals surface area contributed by atoms with Gasteiger partial charge in [-0.15, -0.1) is 0 Å².